The van der Waals surface area contributed by atoms with Crippen molar-refractivity contribution in [2.45, 2.75) is 5.16 Å². The lowest BCUT2D eigenvalue weighted by molar-refractivity contribution is 0.944. The van der Waals surface area contributed by atoms with E-state index < -0.39 is 0 Å². The van der Waals surface area contributed by atoms with E-state index in [-0.39, 0.29) is 5.16 Å². The van der Waals surface area contributed by atoms with Crippen LogP contribution in [0.15, 0.2) is 72.8 Å². The standard InChI is InChI=1S/C16H13P/c1-3-8-14(9-4-1)16(12-7-13-17-16)15-10-5-2-6-11-15/h1-13H. The van der Waals surface area contributed by atoms with Crippen LogP contribution in [0, 0.1) is 0 Å². The highest BCUT2D eigenvalue weighted by Gasteiger charge is 2.30. The second kappa shape index (κ2) is 4.31. The molecule has 0 unspecified atom stereocenters. The molecule has 0 atom stereocenters. The predicted octanol–water partition coefficient (Wildman–Crippen LogP) is 4.25. The highest BCUT2D eigenvalue weighted by molar-refractivity contribution is 7.41. The van der Waals surface area contributed by atoms with E-state index in [9.17, 15) is 0 Å². The fourth-order valence-corrected chi connectivity index (χ4v) is 3.45. The fraction of sp³-hybridized carbons (Fsp3) is 0.0625. The molecule has 0 amide bonds. The molecule has 0 nitrogen and oxygen atoms in total. The third-order valence-corrected chi connectivity index (χ3v) is 4.52. The molecule has 3 rings (SSSR count). The van der Waals surface area contributed by atoms with Crippen molar-refractivity contribution < 1.29 is 0 Å². The maximum absolute atomic E-state index is 2.30. The Bertz CT molecular complexity index is 499. The van der Waals surface area contributed by atoms with Crippen molar-refractivity contribution in [2.75, 3.05) is 0 Å². The zero-order valence-electron chi connectivity index (χ0n) is 9.45. The normalized spacial score (nSPS) is 17.2. The molecule has 82 valence electrons. The monoisotopic (exact) mass is 236 g/mol. The van der Waals surface area contributed by atoms with Gasteiger partial charge in [0.05, 0.1) is 5.16 Å². The van der Waals surface area contributed by atoms with E-state index in [4.69, 9.17) is 0 Å². The minimum absolute atomic E-state index is 0.0164. The summed E-state index contributed by atoms with van der Waals surface area (Å²) in [6.45, 7) is 0. The van der Waals surface area contributed by atoms with Crippen molar-refractivity contribution in [3.05, 3.63) is 83.9 Å². The van der Waals surface area contributed by atoms with Gasteiger partial charge in [0.2, 0.25) is 0 Å². The molecule has 0 saturated carbocycles. The Balaban J connectivity index is 2.19. The third kappa shape index (κ3) is 1.75. The first-order chi connectivity index (χ1) is 8.42. The second-order valence-corrected chi connectivity index (χ2v) is 5.40. The zero-order chi connectivity index (χ0) is 11.6. The smallest absolute Gasteiger partial charge is 0.0802 e. The van der Waals surface area contributed by atoms with Crippen LogP contribution in [0.1, 0.15) is 11.1 Å². The minimum atomic E-state index is 0.0164. The van der Waals surface area contributed by atoms with E-state index in [1.165, 1.54) is 19.3 Å². The lowest BCUT2D eigenvalue weighted by Crippen LogP contribution is -2.16. The summed E-state index contributed by atoms with van der Waals surface area (Å²) >= 11 is 0. The highest BCUT2D eigenvalue weighted by Crippen LogP contribution is 2.45. The number of allylic oxidation sites excluding steroid dienone is 2. The summed E-state index contributed by atoms with van der Waals surface area (Å²) in [6, 6.07) is 21.4. The van der Waals surface area contributed by atoms with Crippen LogP contribution in [0.2, 0.25) is 0 Å². The summed E-state index contributed by atoms with van der Waals surface area (Å²) in [7, 11) is 1.32. The molecular weight excluding hydrogens is 223 g/mol. The van der Waals surface area contributed by atoms with Crippen molar-refractivity contribution in [3.8, 4) is 0 Å². The Morgan fingerprint density at radius 3 is 1.65 bits per heavy atom. The first kappa shape index (κ1) is 10.5. The average Bonchev–Trinajstić information content (AvgIpc) is 2.91. The molecule has 2 aromatic carbocycles. The summed E-state index contributed by atoms with van der Waals surface area (Å²) in [5, 5.41) is 0.0164. The van der Waals surface area contributed by atoms with Gasteiger partial charge in [0.1, 0.15) is 0 Å². The summed E-state index contributed by atoms with van der Waals surface area (Å²) in [5.41, 5.74) is 2.72. The molecule has 0 spiro atoms. The van der Waals surface area contributed by atoms with Crippen LogP contribution in [0.3, 0.4) is 0 Å². The maximum atomic E-state index is 2.30. The van der Waals surface area contributed by atoms with Crippen LogP contribution in [-0.4, -0.2) is 5.80 Å². The van der Waals surface area contributed by atoms with Gasteiger partial charge >= 0.3 is 0 Å². The number of hydrogen-bond donors (Lipinski definition) is 0. The lowest BCUT2D eigenvalue weighted by Gasteiger charge is -2.25. The van der Waals surface area contributed by atoms with E-state index in [2.05, 4.69) is 78.6 Å². The Morgan fingerprint density at radius 2 is 1.24 bits per heavy atom. The van der Waals surface area contributed by atoms with Crippen LogP contribution in [-0.2, 0) is 5.16 Å². The maximum Gasteiger partial charge on any atom is 0.0802 e. The van der Waals surface area contributed by atoms with Gasteiger partial charge in [-0.25, -0.2) is 0 Å². The molecule has 1 aliphatic rings. The largest absolute Gasteiger partial charge is 0.0836 e. The number of benzene rings is 2. The van der Waals surface area contributed by atoms with E-state index in [0.717, 1.165) is 0 Å². The predicted molar refractivity (Wildman–Crippen MR) is 75.8 cm³/mol. The first-order valence-corrected chi connectivity index (χ1v) is 6.72. The molecule has 17 heavy (non-hydrogen) atoms. The molecule has 0 aromatic heterocycles. The highest BCUT2D eigenvalue weighted by atomic mass is 31.1. The van der Waals surface area contributed by atoms with Gasteiger partial charge in [-0.05, 0) is 16.9 Å². The van der Waals surface area contributed by atoms with Gasteiger partial charge in [-0.1, -0.05) is 81.0 Å². The molecule has 1 heteroatoms. The molecule has 2 aromatic rings. The molecule has 0 radical (unpaired) electrons. The molecule has 0 fully saturated rings. The van der Waals surface area contributed by atoms with Gasteiger partial charge in [0, 0.05) is 0 Å². The molecule has 1 heterocycles. The average molecular weight is 236 g/mol. The van der Waals surface area contributed by atoms with Crippen molar-refractivity contribution in [3.63, 3.8) is 0 Å². The summed E-state index contributed by atoms with van der Waals surface area (Å²) in [4.78, 5) is 0. The molecule has 0 N–H and O–H groups in total. The molecular formula is C16H13P. The van der Waals surface area contributed by atoms with Gasteiger partial charge in [-0.15, -0.1) is 0 Å². The molecule has 0 aliphatic carbocycles. The number of rotatable bonds is 2. The van der Waals surface area contributed by atoms with E-state index in [0.29, 0.717) is 0 Å². The van der Waals surface area contributed by atoms with Crippen molar-refractivity contribution >= 4 is 14.0 Å². The van der Waals surface area contributed by atoms with Crippen molar-refractivity contribution in [1.29, 1.82) is 0 Å². The van der Waals surface area contributed by atoms with Crippen LogP contribution in [0.4, 0.5) is 0 Å². The second-order valence-electron chi connectivity index (χ2n) is 4.14. The molecule has 0 saturated heterocycles. The molecule has 0 bridgehead atoms. The zero-order valence-corrected chi connectivity index (χ0v) is 10.3. The van der Waals surface area contributed by atoms with E-state index in [1.54, 1.807) is 0 Å². The Labute approximate surface area is 103 Å². The Morgan fingerprint density at radius 1 is 0.706 bits per heavy atom. The van der Waals surface area contributed by atoms with Crippen LogP contribution >= 0.6 is 8.20 Å². The van der Waals surface area contributed by atoms with Gasteiger partial charge in [0.25, 0.3) is 0 Å². The van der Waals surface area contributed by atoms with Gasteiger partial charge < -0.3 is 0 Å². The van der Waals surface area contributed by atoms with E-state index in [1.807, 2.05) is 0 Å². The third-order valence-electron chi connectivity index (χ3n) is 3.13. The number of hydrogen-bond acceptors (Lipinski definition) is 0. The van der Waals surface area contributed by atoms with Crippen LogP contribution < -0.4 is 0 Å². The van der Waals surface area contributed by atoms with E-state index >= 15 is 0 Å². The lowest BCUT2D eigenvalue weighted by atomic mass is 9.90. The van der Waals surface area contributed by atoms with Crippen LogP contribution in [0.25, 0.3) is 0 Å². The van der Waals surface area contributed by atoms with Gasteiger partial charge in [-0.3, -0.25) is 0 Å². The van der Waals surface area contributed by atoms with Gasteiger partial charge in [0.15, 0.2) is 0 Å². The quantitative estimate of drug-likeness (QED) is 0.684. The topological polar surface area (TPSA) is 0 Å². The molecule has 1 aliphatic heterocycles. The SMILES string of the molecule is C1=CC(c2ccccc2)(c2ccccc2)P=C1. The Hall–Kier alpha value is -1.65. The summed E-state index contributed by atoms with van der Waals surface area (Å²) in [6.07, 6.45) is 4.47. The van der Waals surface area contributed by atoms with Crippen LogP contribution in [0.5, 0.6) is 0 Å². The van der Waals surface area contributed by atoms with Crippen molar-refractivity contribution in [2.24, 2.45) is 0 Å². The Kier molecular flexibility index (Phi) is 2.66. The fourth-order valence-electron chi connectivity index (χ4n) is 2.28. The first-order valence-electron chi connectivity index (χ1n) is 5.76. The summed E-state index contributed by atoms with van der Waals surface area (Å²) < 4.78 is 0. The van der Waals surface area contributed by atoms with Crippen molar-refractivity contribution in [1.82, 2.24) is 0 Å². The summed E-state index contributed by atoms with van der Waals surface area (Å²) in [5.74, 6) is 2.22. The van der Waals surface area contributed by atoms with Gasteiger partial charge in [-0.2, -0.15) is 0 Å². The minimum Gasteiger partial charge on any atom is -0.0836 e.